The molecule has 0 amide bonds. The molecule has 4 aromatic rings. The van der Waals surface area contributed by atoms with Gasteiger partial charge in [-0.1, -0.05) is 18.9 Å². The number of aromatic hydroxyl groups is 1. The molecule has 4 aliphatic rings. The summed E-state index contributed by atoms with van der Waals surface area (Å²) in [7, 11) is 0. The van der Waals surface area contributed by atoms with E-state index in [9.17, 15) is 13.9 Å². The zero-order valence-corrected chi connectivity index (χ0v) is 26.2. The van der Waals surface area contributed by atoms with Gasteiger partial charge < -0.3 is 24.8 Å². The van der Waals surface area contributed by atoms with E-state index in [0.29, 0.717) is 42.6 Å². The molecule has 6 heterocycles. The Bertz CT molecular complexity index is 1970. The van der Waals surface area contributed by atoms with Crippen LogP contribution in [0.15, 0.2) is 24.3 Å². The molecule has 3 fully saturated rings. The number of nitrogens with zero attached hydrogens (tertiary/aromatic N) is 5. The van der Waals surface area contributed by atoms with Gasteiger partial charge in [0.15, 0.2) is 5.82 Å². The van der Waals surface area contributed by atoms with Gasteiger partial charge in [-0.05, 0) is 56.3 Å². The van der Waals surface area contributed by atoms with E-state index in [0.717, 1.165) is 25.8 Å². The van der Waals surface area contributed by atoms with Gasteiger partial charge in [0.05, 0.1) is 17.1 Å². The second-order valence-corrected chi connectivity index (χ2v) is 13.2. The minimum atomic E-state index is -0.934. The second kappa shape index (κ2) is 11.1. The quantitative estimate of drug-likeness (QED) is 0.288. The van der Waals surface area contributed by atoms with Crippen LogP contribution < -0.4 is 19.7 Å². The highest BCUT2D eigenvalue weighted by Gasteiger charge is 2.49. The molecule has 0 radical (unpaired) electrons. The normalized spacial score (nSPS) is 26.9. The van der Waals surface area contributed by atoms with Crippen LogP contribution in [0.2, 0.25) is 0 Å². The lowest BCUT2D eigenvalue weighted by Gasteiger charge is -2.42. The van der Waals surface area contributed by atoms with Crippen LogP contribution in [0.1, 0.15) is 45.1 Å². The molecule has 9 nitrogen and oxygen atoms in total. The number of nitrogens with one attached hydrogen (secondary N) is 1. The van der Waals surface area contributed by atoms with Gasteiger partial charge >= 0.3 is 6.01 Å². The average Bonchev–Trinajstić information content (AvgIpc) is 3.56. The van der Waals surface area contributed by atoms with Crippen molar-refractivity contribution in [3.63, 3.8) is 0 Å². The van der Waals surface area contributed by atoms with Crippen molar-refractivity contribution in [3.8, 4) is 41.2 Å². The van der Waals surface area contributed by atoms with Gasteiger partial charge in [-0.3, -0.25) is 4.90 Å². The van der Waals surface area contributed by atoms with Crippen LogP contribution in [0.3, 0.4) is 0 Å². The highest BCUT2D eigenvalue weighted by atomic mass is 19.1. The van der Waals surface area contributed by atoms with Gasteiger partial charge in [-0.25, -0.2) is 18.2 Å². The fourth-order valence-corrected chi connectivity index (χ4v) is 8.07. The summed E-state index contributed by atoms with van der Waals surface area (Å²) in [6, 6.07) is 5.39. The summed E-state index contributed by atoms with van der Waals surface area (Å²) in [6.45, 7) is 6.55. The molecule has 12 heteroatoms. The van der Waals surface area contributed by atoms with Gasteiger partial charge in [-0.15, -0.1) is 6.42 Å². The molecule has 5 atom stereocenters. The number of ether oxygens (including phenoxy) is 2. The summed E-state index contributed by atoms with van der Waals surface area (Å²) < 4.78 is 59.3. The van der Waals surface area contributed by atoms with E-state index in [1.165, 1.54) is 24.3 Å². The third-order valence-corrected chi connectivity index (χ3v) is 10.4. The van der Waals surface area contributed by atoms with E-state index >= 15 is 4.39 Å². The molecule has 8 rings (SSSR count). The van der Waals surface area contributed by atoms with Crippen molar-refractivity contribution in [2.24, 2.45) is 0 Å². The van der Waals surface area contributed by atoms with E-state index in [1.807, 2.05) is 6.92 Å². The molecule has 244 valence electrons. The maximum absolute atomic E-state index is 17.1. The van der Waals surface area contributed by atoms with Crippen molar-refractivity contribution < 1.29 is 27.8 Å². The van der Waals surface area contributed by atoms with E-state index in [1.54, 1.807) is 0 Å². The first-order chi connectivity index (χ1) is 22.7. The van der Waals surface area contributed by atoms with Crippen LogP contribution in [0.4, 0.5) is 19.0 Å². The van der Waals surface area contributed by atoms with Gasteiger partial charge in [0, 0.05) is 43.0 Å². The number of rotatable bonds is 5. The summed E-state index contributed by atoms with van der Waals surface area (Å²) in [5.74, 6) is 1.28. The molecule has 0 aliphatic carbocycles. The molecule has 0 spiro atoms. The number of anilines is 1. The Balaban J connectivity index is 1.35. The number of halogens is 3. The smallest absolute Gasteiger partial charge is 0.319 e. The molecule has 2 N–H and O–H groups in total. The van der Waals surface area contributed by atoms with Gasteiger partial charge in [0.25, 0.3) is 0 Å². The highest BCUT2D eigenvalue weighted by molar-refractivity contribution is 6.04. The topological polar surface area (TPSA) is 95.9 Å². The average molecular weight is 645 g/mol. The van der Waals surface area contributed by atoms with E-state index < -0.39 is 29.4 Å². The van der Waals surface area contributed by atoms with E-state index in [4.69, 9.17) is 20.9 Å². The number of phenolic OH excluding ortho intramolecular Hbond substituents is 1. The molecular formula is C35H35F3N6O3. The maximum atomic E-state index is 17.1. The van der Waals surface area contributed by atoms with Crippen molar-refractivity contribution in [3.05, 3.63) is 41.5 Å². The Morgan fingerprint density at radius 1 is 1.19 bits per heavy atom. The predicted octanol–water partition coefficient (Wildman–Crippen LogP) is 5.10. The van der Waals surface area contributed by atoms with Crippen LogP contribution in [0, 0.1) is 24.0 Å². The van der Waals surface area contributed by atoms with Crippen molar-refractivity contribution in [1.29, 1.82) is 0 Å². The maximum Gasteiger partial charge on any atom is 0.319 e. The minimum Gasteiger partial charge on any atom is -0.508 e. The van der Waals surface area contributed by atoms with Crippen molar-refractivity contribution in [2.75, 3.05) is 37.7 Å². The number of alkyl halides is 1. The first kappa shape index (κ1) is 30.0. The van der Waals surface area contributed by atoms with Crippen LogP contribution in [0.5, 0.6) is 17.6 Å². The zero-order chi connectivity index (χ0) is 32.6. The van der Waals surface area contributed by atoms with Crippen LogP contribution in [0.25, 0.3) is 32.9 Å². The standard InChI is InChI=1S/C35H35F3N6O3/c1-4-21-16-44-26(14-39-21)18(3)47-33-28-31(41-34(42-32(28)44)46-17-35-9-6-10-43(35)15-20(36)13-35)29(38)30(40-33)24-12-22(45)11-19-7-8-25(37)23(5-2)27(19)24/h2,7-8,11-12,18,20-21,26,39,45H,4,6,9-10,13-17H2,1,3H3/t18-,20+,21+,26-,35-/m0/s1. The SMILES string of the molecule is C#Cc1c(F)ccc2cc(O)cc(-c3nc4c5c(nc(OC[C@@]67CCCN6C[C@H](F)C7)nc5c3F)N3C[C@@H](CC)NC[C@H]3[C@H](C)O4)c12. The second-order valence-electron chi connectivity index (χ2n) is 13.2. The Labute approximate surface area is 270 Å². The summed E-state index contributed by atoms with van der Waals surface area (Å²) in [4.78, 5) is 18.4. The lowest BCUT2D eigenvalue weighted by atomic mass is 9.95. The third kappa shape index (κ3) is 4.73. The number of pyridine rings is 1. The highest BCUT2D eigenvalue weighted by Crippen LogP contribution is 2.45. The predicted molar refractivity (Wildman–Crippen MR) is 172 cm³/mol. The molecule has 0 bridgehead atoms. The summed E-state index contributed by atoms with van der Waals surface area (Å²) >= 11 is 0. The fourth-order valence-electron chi connectivity index (χ4n) is 8.07. The van der Waals surface area contributed by atoms with Crippen molar-refractivity contribution >= 4 is 27.5 Å². The number of benzene rings is 2. The Morgan fingerprint density at radius 2 is 2.04 bits per heavy atom. The number of hydrogen-bond acceptors (Lipinski definition) is 9. The van der Waals surface area contributed by atoms with Gasteiger partial charge in [0.1, 0.15) is 52.9 Å². The molecular weight excluding hydrogens is 609 g/mol. The number of fused-ring (bicyclic) bond motifs is 4. The Hall–Kier alpha value is -4.34. The monoisotopic (exact) mass is 644 g/mol. The molecule has 0 unspecified atom stereocenters. The molecule has 47 heavy (non-hydrogen) atoms. The Morgan fingerprint density at radius 3 is 2.85 bits per heavy atom. The summed E-state index contributed by atoms with van der Waals surface area (Å²) in [5.41, 5.74) is -0.743. The number of piperazine rings is 1. The third-order valence-electron chi connectivity index (χ3n) is 10.4. The first-order valence-electron chi connectivity index (χ1n) is 16.2. The summed E-state index contributed by atoms with van der Waals surface area (Å²) in [5, 5.41) is 15.2. The Kier molecular flexibility index (Phi) is 7.11. The number of hydrogen-bond donors (Lipinski definition) is 2. The van der Waals surface area contributed by atoms with Gasteiger partial charge in [0.2, 0.25) is 5.88 Å². The van der Waals surface area contributed by atoms with Crippen molar-refractivity contribution in [2.45, 2.75) is 69.4 Å². The molecule has 0 saturated carbocycles. The number of aromatic nitrogens is 3. The van der Waals surface area contributed by atoms with Gasteiger partial charge in [-0.2, -0.15) is 9.97 Å². The molecule has 2 aromatic carbocycles. The van der Waals surface area contributed by atoms with Crippen LogP contribution >= 0.6 is 0 Å². The zero-order valence-electron chi connectivity index (χ0n) is 26.2. The molecule has 4 aliphatic heterocycles. The first-order valence-corrected chi connectivity index (χ1v) is 16.2. The van der Waals surface area contributed by atoms with Crippen molar-refractivity contribution in [1.82, 2.24) is 25.2 Å². The summed E-state index contributed by atoms with van der Waals surface area (Å²) in [6.07, 6.45) is 7.38. The van der Waals surface area contributed by atoms with Crippen LogP contribution in [-0.2, 0) is 0 Å². The number of phenols is 1. The lowest BCUT2D eigenvalue weighted by molar-refractivity contribution is 0.107. The largest absolute Gasteiger partial charge is 0.508 e. The molecule has 3 saturated heterocycles. The lowest BCUT2D eigenvalue weighted by Crippen LogP contribution is -2.60. The van der Waals surface area contributed by atoms with E-state index in [-0.39, 0.29) is 64.1 Å². The fraction of sp³-hybridized carbons (Fsp3) is 0.457. The van der Waals surface area contributed by atoms with Crippen LogP contribution in [-0.4, -0.2) is 87.6 Å². The molecule has 2 aromatic heterocycles. The minimum absolute atomic E-state index is 0.0333. The van der Waals surface area contributed by atoms with E-state index in [2.05, 4.69) is 37.9 Å². The number of terminal acetylenes is 1.